The third kappa shape index (κ3) is 4.81. The minimum Gasteiger partial charge on any atom is -0.496 e. The van der Waals surface area contributed by atoms with Crippen molar-refractivity contribution in [3.63, 3.8) is 0 Å². The summed E-state index contributed by atoms with van der Waals surface area (Å²) in [6.45, 7) is 2.17. The van der Waals surface area contributed by atoms with Gasteiger partial charge in [-0.3, -0.25) is 19.3 Å². The summed E-state index contributed by atoms with van der Waals surface area (Å²) in [7, 11) is 4.60. The molecule has 0 saturated carbocycles. The number of imide groups is 1. The molecule has 0 atom stereocenters. The predicted octanol–water partition coefficient (Wildman–Crippen LogP) is 1.81. The van der Waals surface area contributed by atoms with E-state index in [1.165, 1.54) is 14.2 Å². The van der Waals surface area contributed by atoms with Gasteiger partial charge in [0.15, 0.2) is 0 Å². The van der Waals surface area contributed by atoms with Crippen molar-refractivity contribution in [2.75, 3.05) is 41.0 Å². The number of benzene rings is 1. The molecule has 9 heteroatoms. The number of nitrogens with zero attached hydrogens (tertiary/aromatic N) is 1. The number of hydrogen-bond acceptors (Lipinski definition) is 7. The lowest BCUT2D eigenvalue weighted by Gasteiger charge is -2.13. The molecule has 0 spiro atoms. The molecule has 1 saturated heterocycles. The molecule has 1 aliphatic rings. The predicted molar refractivity (Wildman–Crippen MR) is 102 cm³/mol. The molecular formula is C18H22N2O6S. The molecule has 27 heavy (non-hydrogen) atoms. The zero-order valence-corrected chi connectivity index (χ0v) is 16.5. The van der Waals surface area contributed by atoms with Gasteiger partial charge in [0.05, 0.1) is 25.7 Å². The molecule has 1 aromatic rings. The monoisotopic (exact) mass is 394 g/mol. The van der Waals surface area contributed by atoms with Crippen LogP contribution in [0.2, 0.25) is 0 Å². The second-order valence-electron chi connectivity index (χ2n) is 5.63. The Bertz CT molecular complexity index is 777. The SMILES string of the molecule is COCCNC(=O)CN1C(=O)S/C(=C\c2ccc(OC)c(C)c2OC)C1=O. The van der Waals surface area contributed by atoms with Crippen LogP contribution in [0.3, 0.4) is 0 Å². The van der Waals surface area contributed by atoms with Gasteiger partial charge in [0.2, 0.25) is 5.91 Å². The highest BCUT2D eigenvalue weighted by Crippen LogP contribution is 2.37. The molecule has 1 fully saturated rings. The van der Waals surface area contributed by atoms with Crippen LogP contribution in [0.1, 0.15) is 11.1 Å². The summed E-state index contributed by atoms with van der Waals surface area (Å²) in [5, 5.41) is 2.09. The summed E-state index contributed by atoms with van der Waals surface area (Å²) in [6, 6.07) is 3.51. The van der Waals surface area contributed by atoms with Gasteiger partial charge < -0.3 is 19.5 Å². The third-order valence-electron chi connectivity index (χ3n) is 3.90. The molecule has 3 amide bonds. The molecule has 2 rings (SSSR count). The Morgan fingerprint density at radius 2 is 1.96 bits per heavy atom. The van der Waals surface area contributed by atoms with Crippen LogP contribution in [0.25, 0.3) is 6.08 Å². The topological polar surface area (TPSA) is 94.2 Å². The summed E-state index contributed by atoms with van der Waals surface area (Å²) in [4.78, 5) is 37.7. The van der Waals surface area contributed by atoms with Crippen molar-refractivity contribution in [1.29, 1.82) is 0 Å². The normalized spacial score (nSPS) is 15.4. The summed E-state index contributed by atoms with van der Waals surface area (Å²) >= 11 is 0.789. The smallest absolute Gasteiger partial charge is 0.294 e. The van der Waals surface area contributed by atoms with Gasteiger partial charge >= 0.3 is 0 Å². The van der Waals surface area contributed by atoms with Crippen LogP contribution in [0, 0.1) is 6.92 Å². The minimum absolute atomic E-state index is 0.229. The highest BCUT2D eigenvalue weighted by Gasteiger charge is 2.36. The van der Waals surface area contributed by atoms with Gasteiger partial charge in [-0.25, -0.2) is 0 Å². The maximum atomic E-state index is 12.5. The van der Waals surface area contributed by atoms with E-state index in [1.54, 1.807) is 25.3 Å². The van der Waals surface area contributed by atoms with Gasteiger partial charge in [-0.2, -0.15) is 0 Å². The third-order valence-corrected chi connectivity index (χ3v) is 4.81. The Labute approximate surface area is 161 Å². The molecule has 0 aromatic heterocycles. The van der Waals surface area contributed by atoms with E-state index in [4.69, 9.17) is 14.2 Å². The Hall–Kier alpha value is -2.52. The van der Waals surface area contributed by atoms with E-state index >= 15 is 0 Å². The summed E-state index contributed by atoms with van der Waals surface area (Å²) in [6.07, 6.45) is 1.58. The van der Waals surface area contributed by atoms with Crippen molar-refractivity contribution < 1.29 is 28.6 Å². The number of thioether (sulfide) groups is 1. The van der Waals surface area contributed by atoms with Crippen molar-refractivity contribution >= 4 is 34.9 Å². The fraction of sp³-hybridized carbons (Fsp3) is 0.389. The molecule has 146 valence electrons. The quantitative estimate of drug-likeness (QED) is 0.531. The molecule has 0 radical (unpaired) electrons. The van der Waals surface area contributed by atoms with Crippen molar-refractivity contribution in [1.82, 2.24) is 10.2 Å². The van der Waals surface area contributed by atoms with Crippen LogP contribution in [-0.4, -0.2) is 63.0 Å². The first-order valence-electron chi connectivity index (χ1n) is 8.15. The average molecular weight is 394 g/mol. The van der Waals surface area contributed by atoms with Crippen LogP contribution in [0.4, 0.5) is 4.79 Å². The van der Waals surface area contributed by atoms with Crippen LogP contribution >= 0.6 is 11.8 Å². The average Bonchev–Trinajstić information content (AvgIpc) is 2.90. The minimum atomic E-state index is -0.512. The zero-order valence-electron chi connectivity index (χ0n) is 15.7. The Kier molecular flexibility index (Phi) is 7.26. The molecule has 8 nitrogen and oxygen atoms in total. The van der Waals surface area contributed by atoms with E-state index in [0.29, 0.717) is 30.2 Å². The number of rotatable bonds is 8. The lowest BCUT2D eigenvalue weighted by Crippen LogP contribution is -2.40. The van der Waals surface area contributed by atoms with Gasteiger partial charge in [0, 0.05) is 24.8 Å². The summed E-state index contributed by atoms with van der Waals surface area (Å²) in [5.41, 5.74) is 1.43. The van der Waals surface area contributed by atoms with Gasteiger partial charge in [0.1, 0.15) is 18.0 Å². The van der Waals surface area contributed by atoms with Gasteiger partial charge in [-0.1, -0.05) is 0 Å². The standard InChI is InChI=1S/C18H22N2O6S/c1-11-13(25-3)6-5-12(16(11)26-4)9-14-17(22)20(18(23)27-14)10-15(21)19-7-8-24-2/h5-6,9H,7-8,10H2,1-4H3,(H,19,21)/b14-9-. The molecule has 1 aromatic carbocycles. The molecule has 1 N–H and O–H groups in total. The largest absolute Gasteiger partial charge is 0.496 e. The van der Waals surface area contributed by atoms with Gasteiger partial charge in [-0.15, -0.1) is 0 Å². The molecule has 0 bridgehead atoms. The lowest BCUT2D eigenvalue weighted by molar-refractivity contribution is -0.129. The van der Waals surface area contributed by atoms with Crippen molar-refractivity contribution in [3.05, 3.63) is 28.2 Å². The van der Waals surface area contributed by atoms with Crippen LogP contribution in [0.5, 0.6) is 11.5 Å². The molecule has 0 unspecified atom stereocenters. The van der Waals surface area contributed by atoms with E-state index < -0.39 is 17.1 Å². The van der Waals surface area contributed by atoms with Gasteiger partial charge in [-0.05, 0) is 36.9 Å². The van der Waals surface area contributed by atoms with Crippen molar-refractivity contribution in [2.45, 2.75) is 6.92 Å². The Balaban J connectivity index is 2.19. The maximum Gasteiger partial charge on any atom is 0.294 e. The van der Waals surface area contributed by atoms with E-state index in [0.717, 1.165) is 22.2 Å². The number of hydrogen-bond donors (Lipinski definition) is 1. The van der Waals surface area contributed by atoms with E-state index in [-0.39, 0.29) is 11.4 Å². The lowest BCUT2D eigenvalue weighted by atomic mass is 10.1. The first-order chi connectivity index (χ1) is 12.9. The first-order valence-corrected chi connectivity index (χ1v) is 8.97. The Morgan fingerprint density at radius 1 is 1.22 bits per heavy atom. The highest BCUT2D eigenvalue weighted by atomic mass is 32.2. The molecular weight excluding hydrogens is 372 g/mol. The van der Waals surface area contributed by atoms with E-state index in [2.05, 4.69) is 5.32 Å². The number of nitrogens with one attached hydrogen (secondary N) is 1. The second kappa shape index (κ2) is 9.43. The summed E-state index contributed by atoms with van der Waals surface area (Å²) < 4.78 is 15.5. The number of carbonyl (C=O) groups excluding carboxylic acids is 3. The highest BCUT2D eigenvalue weighted by molar-refractivity contribution is 8.18. The van der Waals surface area contributed by atoms with Crippen LogP contribution in [0.15, 0.2) is 17.0 Å². The molecule has 1 heterocycles. The zero-order chi connectivity index (χ0) is 20.0. The molecule has 0 aliphatic carbocycles. The fourth-order valence-corrected chi connectivity index (χ4v) is 3.40. The maximum absolute atomic E-state index is 12.5. The van der Waals surface area contributed by atoms with E-state index in [1.807, 2.05) is 6.92 Å². The number of carbonyl (C=O) groups is 3. The van der Waals surface area contributed by atoms with Crippen molar-refractivity contribution in [3.8, 4) is 11.5 Å². The Morgan fingerprint density at radius 3 is 2.59 bits per heavy atom. The first kappa shape index (κ1) is 20.8. The molecule has 1 aliphatic heterocycles. The van der Waals surface area contributed by atoms with Gasteiger partial charge in [0.25, 0.3) is 11.1 Å². The van der Waals surface area contributed by atoms with Crippen LogP contribution < -0.4 is 14.8 Å². The van der Waals surface area contributed by atoms with Crippen LogP contribution in [-0.2, 0) is 14.3 Å². The number of ether oxygens (including phenoxy) is 3. The van der Waals surface area contributed by atoms with E-state index in [9.17, 15) is 14.4 Å². The fourth-order valence-electron chi connectivity index (χ4n) is 2.57. The number of methoxy groups -OCH3 is 3. The summed E-state index contributed by atoms with van der Waals surface area (Å²) in [5.74, 6) is 0.277. The number of amides is 3. The second-order valence-corrected chi connectivity index (χ2v) is 6.62. The van der Waals surface area contributed by atoms with Crippen molar-refractivity contribution in [2.24, 2.45) is 0 Å².